The summed E-state index contributed by atoms with van der Waals surface area (Å²) < 4.78 is 5.79. The monoisotopic (exact) mass is 419 g/mol. The highest BCUT2D eigenvalue weighted by Crippen LogP contribution is 2.28. The van der Waals surface area contributed by atoms with Crippen LogP contribution >= 0.6 is 11.3 Å². The zero-order valence-corrected chi connectivity index (χ0v) is 17.2. The Labute approximate surface area is 178 Å². The normalized spacial score (nSPS) is 12.9. The van der Waals surface area contributed by atoms with Crippen LogP contribution in [0.4, 0.5) is 5.13 Å². The molecule has 0 amide bonds. The van der Waals surface area contributed by atoms with Crippen molar-refractivity contribution in [1.29, 1.82) is 0 Å². The molecule has 1 unspecified atom stereocenters. The van der Waals surface area contributed by atoms with Gasteiger partial charge in [0.2, 0.25) is 11.0 Å². The van der Waals surface area contributed by atoms with E-state index in [0.717, 1.165) is 10.6 Å². The Kier molecular flexibility index (Phi) is 6.26. The van der Waals surface area contributed by atoms with Crippen LogP contribution in [0.1, 0.15) is 30.2 Å². The summed E-state index contributed by atoms with van der Waals surface area (Å²) in [7, 11) is 0. The van der Waals surface area contributed by atoms with Crippen molar-refractivity contribution in [3.8, 4) is 16.5 Å². The van der Waals surface area contributed by atoms with Crippen LogP contribution < -0.4 is 10.1 Å². The molecule has 30 heavy (non-hydrogen) atoms. The first kappa shape index (κ1) is 19.9. The molecule has 3 heterocycles. The Balaban J connectivity index is 1.33. The van der Waals surface area contributed by atoms with E-state index < -0.39 is 6.23 Å². The number of hydrogen-bond donors (Lipinski definition) is 2. The van der Waals surface area contributed by atoms with E-state index in [1.165, 1.54) is 16.9 Å². The molecular weight excluding hydrogens is 398 g/mol. The van der Waals surface area contributed by atoms with Gasteiger partial charge in [0.1, 0.15) is 5.01 Å². The van der Waals surface area contributed by atoms with Crippen LogP contribution in [0.25, 0.3) is 10.6 Å². The number of benzene rings is 1. The third-order valence-electron chi connectivity index (χ3n) is 4.54. The van der Waals surface area contributed by atoms with Gasteiger partial charge in [-0.3, -0.25) is 4.98 Å². The molecule has 2 N–H and O–H groups in total. The Morgan fingerprint density at radius 2 is 1.80 bits per heavy atom. The molecule has 0 spiro atoms. The summed E-state index contributed by atoms with van der Waals surface area (Å²) in [6.45, 7) is 2.64. The van der Waals surface area contributed by atoms with Gasteiger partial charge in [-0.1, -0.05) is 48.6 Å². The number of nitrogens with zero attached hydrogens (tertiary/aromatic N) is 4. The summed E-state index contributed by atoms with van der Waals surface area (Å²) >= 11 is 1.36. The van der Waals surface area contributed by atoms with Crippen molar-refractivity contribution < 1.29 is 9.84 Å². The van der Waals surface area contributed by atoms with Crippen molar-refractivity contribution in [3.63, 3.8) is 0 Å². The van der Waals surface area contributed by atoms with E-state index in [1.807, 2.05) is 30.3 Å². The minimum atomic E-state index is -0.951. The number of pyridine rings is 2. The molecule has 0 fully saturated rings. The van der Waals surface area contributed by atoms with Crippen LogP contribution in [-0.2, 0) is 0 Å². The highest BCUT2D eigenvalue weighted by Gasteiger charge is 2.13. The lowest BCUT2D eigenvalue weighted by atomic mass is 10.0. The van der Waals surface area contributed by atoms with Gasteiger partial charge in [0, 0.05) is 41.7 Å². The summed E-state index contributed by atoms with van der Waals surface area (Å²) in [5, 5.41) is 22.9. The van der Waals surface area contributed by atoms with E-state index in [4.69, 9.17) is 4.74 Å². The molecule has 8 heteroatoms. The summed E-state index contributed by atoms with van der Waals surface area (Å²) in [6.07, 6.45) is 4.04. The minimum Gasteiger partial charge on any atom is -0.477 e. The second-order valence-electron chi connectivity index (χ2n) is 6.75. The zero-order chi connectivity index (χ0) is 20.8. The average molecular weight is 420 g/mol. The van der Waals surface area contributed by atoms with E-state index >= 15 is 0 Å². The van der Waals surface area contributed by atoms with Crippen LogP contribution in [0.3, 0.4) is 0 Å². The molecule has 0 saturated carbocycles. The highest BCUT2D eigenvalue weighted by atomic mass is 32.1. The van der Waals surface area contributed by atoms with Gasteiger partial charge in [-0.05, 0) is 23.8 Å². The van der Waals surface area contributed by atoms with Crippen LogP contribution in [0.2, 0.25) is 0 Å². The van der Waals surface area contributed by atoms with Crippen molar-refractivity contribution in [2.24, 2.45) is 0 Å². The summed E-state index contributed by atoms with van der Waals surface area (Å²) in [5.41, 5.74) is 2.76. The standard InChI is InChI=1S/C22H21N5O2S/c1-15(16-5-3-2-4-6-16)14-29-19-8-7-18(13-24-19)20(28)25-22-27-26-21(30-22)17-9-11-23-12-10-17/h2-13,15,20,28H,14H2,1H3,(H,25,27)/t15-,20?/m1/s1. The van der Waals surface area contributed by atoms with Crippen LogP contribution in [0, 0.1) is 0 Å². The molecule has 0 aliphatic rings. The largest absolute Gasteiger partial charge is 0.477 e. The van der Waals surface area contributed by atoms with Crippen molar-refractivity contribution in [2.75, 3.05) is 11.9 Å². The van der Waals surface area contributed by atoms with Gasteiger partial charge in [-0.25, -0.2) is 4.98 Å². The molecular formula is C22H21N5O2S. The van der Waals surface area contributed by atoms with Crippen molar-refractivity contribution >= 4 is 16.5 Å². The number of hydrogen-bond acceptors (Lipinski definition) is 8. The molecule has 152 valence electrons. The van der Waals surface area contributed by atoms with E-state index in [0.29, 0.717) is 23.2 Å². The van der Waals surface area contributed by atoms with Crippen LogP contribution in [-0.4, -0.2) is 31.9 Å². The lowest BCUT2D eigenvalue weighted by Crippen LogP contribution is -2.11. The fraction of sp³-hybridized carbons (Fsp3) is 0.182. The lowest BCUT2D eigenvalue weighted by molar-refractivity contribution is 0.207. The van der Waals surface area contributed by atoms with Crippen molar-refractivity contribution in [3.05, 3.63) is 84.3 Å². The maximum absolute atomic E-state index is 10.4. The smallest absolute Gasteiger partial charge is 0.213 e. The molecule has 4 rings (SSSR count). The molecule has 0 saturated heterocycles. The summed E-state index contributed by atoms with van der Waals surface area (Å²) in [6, 6.07) is 17.5. The second-order valence-corrected chi connectivity index (χ2v) is 7.73. The first-order chi connectivity index (χ1) is 14.7. The number of aliphatic hydroxyl groups is 1. The second kappa shape index (κ2) is 9.43. The Bertz CT molecular complexity index is 1060. The maximum atomic E-state index is 10.4. The molecule has 0 aliphatic heterocycles. The average Bonchev–Trinajstić information content (AvgIpc) is 3.27. The predicted molar refractivity (Wildman–Crippen MR) is 116 cm³/mol. The minimum absolute atomic E-state index is 0.256. The van der Waals surface area contributed by atoms with Gasteiger partial charge in [-0.2, -0.15) is 0 Å². The van der Waals surface area contributed by atoms with Gasteiger partial charge in [0.15, 0.2) is 6.23 Å². The summed E-state index contributed by atoms with van der Waals surface area (Å²) in [4.78, 5) is 8.29. The SMILES string of the molecule is C[C@H](COc1ccc(C(O)Nc2nnc(-c3ccncc3)s2)cn1)c1ccccc1. The fourth-order valence-electron chi connectivity index (χ4n) is 2.82. The molecule has 0 aliphatic carbocycles. The van der Waals surface area contributed by atoms with E-state index in [2.05, 4.69) is 44.5 Å². The van der Waals surface area contributed by atoms with Gasteiger partial charge in [0.25, 0.3) is 0 Å². The Morgan fingerprint density at radius 3 is 2.53 bits per heavy atom. The first-order valence-corrected chi connectivity index (χ1v) is 10.3. The van der Waals surface area contributed by atoms with E-state index in [9.17, 15) is 5.11 Å². The van der Waals surface area contributed by atoms with Crippen LogP contribution in [0.15, 0.2) is 73.2 Å². The quantitative estimate of drug-likeness (QED) is 0.412. The third-order valence-corrected chi connectivity index (χ3v) is 5.44. The number of ether oxygens (including phenoxy) is 1. The highest BCUT2D eigenvalue weighted by molar-refractivity contribution is 7.18. The topological polar surface area (TPSA) is 93.1 Å². The first-order valence-electron chi connectivity index (χ1n) is 9.51. The molecule has 7 nitrogen and oxygen atoms in total. The Hall–Kier alpha value is -3.36. The molecule has 1 aromatic carbocycles. The molecule has 2 atom stereocenters. The third kappa shape index (κ3) is 4.97. The molecule has 3 aromatic heterocycles. The van der Waals surface area contributed by atoms with Gasteiger partial charge < -0.3 is 15.2 Å². The van der Waals surface area contributed by atoms with Gasteiger partial charge in [-0.15, -0.1) is 10.2 Å². The summed E-state index contributed by atoms with van der Waals surface area (Å²) in [5.74, 6) is 0.775. The zero-order valence-electron chi connectivity index (χ0n) is 16.3. The van der Waals surface area contributed by atoms with Gasteiger partial charge >= 0.3 is 0 Å². The number of aliphatic hydroxyl groups excluding tert-OH is 1. The number of nitrogens with one attached hydrogen (secondary N) is 1. The fourth-order valence-corrected chi connectivity index (χ4v) is 3.59. The number of anilines is 1. The molecule has 4 aromatic rings. The van der Waals surface area contributed by atoms with Crippen LogP contribution in [0.5, 0.6) is 5.88 Å². The lowest BCUT2D eigenvalue weighted by Gasteiger charge is -2.14. The van der Waals surface area contributed by atoms with Crippen molar-refractivity contribution in [2.45, 2.75) is 19.1 Å². The van der Waals surface area contributed by atoms with Gasteiger partial charge in [0.05, 0.1) is 6.61 Å². The van der Waals surface area contributed by atoms with E-state index in [1.54, 1.807) is 30.7 Å². The molecule has 0 bridgehead atoms. The number of aromatic nitrogens is 4. The Morgan fingerprint density at radius 1 is 1.00 bits per heavy atom. The van der Waals surface area contributed by atoms with E-state index in [-0.39, 0.29) is 5.92 Å². The molecule has 0 radical (unpaired) electrons. The predicted octanol–water partition coefficient (Wildman–Crippen LogP) is 4.28. The maximum Gasteiger partial charge on any atom is 0.213 e. The number of rotatable bonds is 8. The van der Waals surface area contributed by atoms with Crippen molar-refractivity contribution in [1.82, 2.24) is 20.2 Å².